The van der Waals surface area contributed by atoms with Crippen LogP contribution < -0.4 is 0 Å². The molecule has 0 spiro atoms. The molecule has 4 heteroatoms. The molecule has 2 aromatic rings. The van der Waals surface area contributed by atoms with Crippen molar-refractivity contribution >= 4 is 15.9 Å². The lowest BCUT2D eigenvalue weighted by Crippen LogP contribution is -2.02. The van der Waals surface area contributed by atoms with Gasteiger partial charge >= 0.3 is 0 Å². The highest BCUT2D eigenvalue weighted by Crippen LogP contribution is 2.19. The number of hydrogen-bond acceptors (Lipinski definition) is 2. The minimum Gasteiger partial charge on any atom is -0.287 e. The van der Waals surface area contributed by atoms with Crippen molar-refractivity contribution in [3.05, 3.63) is 41.0 Å². The molecular formula is C11H12BrN3. The van der Waals surface area contributed by atoms with Gasteiger partial charge in [0.05, 0.1) is 4.47 Å². The third-order valence-corrected chi connectivity index (χ3v) is 2.78. The molecule has 0 saturated heterocycles. The highest BCUT2D eigenvalue weighted by molar-refractivity contribution is 9.10. The van der Waals surface area contributed by atoms with Crippen molar-refractivity contribution in [2.45, 2.75) is 19.8 Å². The lowest BCUT2D eigenvalue weighted by molar-refractivity contribution is 0.796. The van der Waals surface area contributed by atoms with Crippen LogP contribution in [0.15, 0.2) is 35.2 Å². The van der Waals surface area contributed by atoms with Crippen LogP contribution in [-0.4, -0.2) is 14.5 Å². The van der Waals surface area contributed by atoms with E-state index < -0.39 is 0 Å². The van der Waals surface area contributed by atoms with Crippen LogP contribution >= 0.6 is 15.9 Å². The molecule has 2 rings (SSSR count). The number of aromatic nitrogens is 3. The van der Waals surface area contributed by atoms with E-state index in [1.54, 1.807) is 6.20 Å². The molecule has 0 radical (unpaired) electrons. The summed E-state index contributed by atoms with van der Waals surface area (Å²) in [6.07, 6.45) is 7.59. The van der Waals surface area contributed by atoms with Crippen molar-refractivity contribution in [1.29, 1.82) is 0 Å². The molecule has 15 heavy (non-hydrogen) atoms. The third-order valence-electron chi connectivity index (χ3n) is 2.16. The molecule has 3 nitrogen and oxygen atoms in total. The fourth-order valence-corrected chi connectivity index (χ4v) is 1.94. The molecule has 0 aliphatic carbocycles. The molecule has 0 saturated carbocycles. The van der Waals surface area contributed by atoms with Gasteiger partial charge in [0.15, 0.2) is 5.82 Å². The Morgan fingerprint density at radius 2 is 2.20 bits per heavy atom. The molecule has 78 valence electrons. The van der Waals surface area contributed by atoms with Gasteiger partial charge in [-0.15, -0.1) is 0 Å². The van der Waals surface area contributed by atoms with Gasteiger partial charge in [-0.3, -0.25) is 4.57 Å². The zero-order chi connectivity index (χ0) is 10.7. The summed E-state index contributed by atoms with van der Waals surface area (Å²) in [5, 5.41) is 0. The van der Waals surface area contributed by atoms with Gasteiger partial charge in [0, 0.05) is 25.0 Å². The molecule has 0 aliphatic rings. The van der Waals surface area contributed by atoms with Crippen LogP contribution in [-0.2, 0) is 6.42 Å². The van der Waals surface area contributed by atoms with Gasteiger partial charge in [-0.2, -0.15) is 0 Å². The summed E-state index contributed by atoms with van der Waals surface area (Å²) in [5.74, 6) is 1.95. The number of hydrogen-bond donors (Lipinski definition) is 0. The molecule has 0 aromatic carbocycles. The van der Waals surface area contributed by atoms with E-state index in [2.05, 4.69) is 32.8 Å². The minimum absolute atomic E-state index is 0.901. The van der Waals surface area contributed by atoms with Gasteiger partial charge in [-0.1, -0.05) is 6.92 Å². The topological polar surface area (TPSA) is 30.7 Å². The monoisotopic (exact) mass is 265 g/mol. The summed E-state index contributed by atoms with van der Waals surface area (Å²) in [5.41, 5.74) is 0. The molecule has 0 aliphatic heterocycles. The van der Waals surface area contributed by atoms with Gasteiger partial charge in [-0.05, 0) is 34.5 Å². The molecule has 2 aromatic heterocycles. The SMILES string of the molecule is CCCc1nccn1-c1ncccc1Br. The number of rotatable bonds is 3. The standard InChI is InChI=1S/C11H12BrN3/c1-2-4-10-13-7-8-15(10)11-9(12)5-3-6-14-11/h3,5-8H,2,4H2,1H3. The van der Waals surface area contributed by atoms with Crippen molar-refractivity contribution in [3.8, 4) is 5.82 Å². The van der Waals surface area contributed by atoms with Crippen LogP contribution in [0.5, 0.6) is 0 Å². The van der Waals surface area contributed by atoms with Crippen molar-refractivity contribution < 1.29 is 0 Å². The Bertz CT molecular complexity index is 451. The first-order chi connectivity index (χ1) is 7.33. The predicted molar refractivity (Wildman–Crippen MR) is 63.1 cm³/mol. The smallest absolute Gasteiger partial charge is 0.152 e. The van der Waals surface area contributed by atoms with Gasteiger partial charge in [0.1, 0.15) is 5.82 Å². The molecule has 0 fully saturated rings. The highest BCUT2D eigenvalue weighted by Gasteiger charge is 2.07. The average Bonchev–Trinajstić information content (AvgIpc) is 2.67. The predicted octanol–water partition coefficient (Wildman–Crippen LogP) is 2.98. The van der Waals surface area contributed by atoms with Gasteiger partial charge in [0.25, 0.3) is 0 Å². The van der Waals surface area contributed by atoms with E-state index in [-0.39, 0.29) is 0 Å². The number of pyridine rings is 1. The highest BCUT2D eigenvalue weighted by atomic mass is 79.9. The fraction of sp³-hybridized carbons (Fsp3) is 0.273. The molecule has 0 bridgehead atoms. The summed E-state index contributed by atoms with van der Waals surface area (Å²) >= 11 is 3.49. The molecule has 0 N–H and O–H groups in total. The van der Waals surface area contributed by atoms with Crippen LogP contribution in [0.1, 0.15) is 19.2 Å². The number of nitrogens with zero attached hydrogens (tertiary/aromatic N) is 3. The molecule has 0 atom stereocenters. The Morgan fingerprint density at radius 1 is 1.33 bits per heavy atom. The lowest BCUT2D eigenvalue weighted by Gasteiger charge is -2.07. The van der Waals surface area contributed by atoms with E-state index in [1.807, 2.05) is 29.1 Å². The number of aryl methyl sites for hydroxylation is 1. The maximum atomic E-state index is 4.34. The second-order valence-corrected chi connectivity index (χ2v) is 4.13. The Kier molecular flexibility index (Phi) is 3.16. The molecule has 0 unspecified atom stereocenters. The van der Waals surface area contributed by atoms with Crippen LogP contribution in [0.25, 0.3) is 5.82 Å². The van der Waals surface area contributed by atoms with Crippen LogP contribution in [0.3, 0.4) is 0 Å². The quantitative estimate of drug-likeness (QED) is 0.855. The number of halogens is 1. The second kappa shape index (κ2) is 4.57. The lowest BCUT2D eigenvalue weighted by atomic mass is 10.3. The molecule has 0 amide bonds. The van der Waals surface area contributed by atoms with Crippen molar-refractivity contribution in [2.24, 2.45) is 0 Å². The summed E-state index contributed by atoms with van der Waals surface area (Å²) < 4.78 is 3.01. The maximum Gasteiger partial charge on any atom is 0.152 e. The first-order valence-electron chi connectivity index (χ1n) is 4.96. The Hall–Kier alpha value is -1.16. The molecule has 2 heterocycles. The summed E-state index contributed by atoms with van der Waals surface area (Å²) in [6, 6.07) is 3.89. The van der Waals surface area contributed by atoms with Crippen LogP contribution in [0.4, 0.5) is 0 Å². The normalized spacial score (nSPS) is 10.5. The summed E-state index contributed by atoms with van der Waals surface area (Å²) in [6.45, 7) is 2.15. The zero-order valence-electron chi connectivity index (χ0n) is 8.52. The first-order valence-corrected chi connectivity index (χ1v) is 5.75. The largest absolute Gasteiger partial charge is 0.287 e. The summed E-state index contributed by atoms with van der Waals surface area (Å²) in [4.78, 5) is 8.67. The van der Waals surface area contributed by atoms with Crippen molar-refractivity contribution in [2.75, 3.05) is 0 Å². The van der Waals surface area contributed by atoms with E-state index in [4.69, 9.17) is 0 Å². The molecular weight excluding hydrogens is 254 g/mol. The van der Waals surface area contributed by atoms with Crippen molar-refractivity contribution in [1.82, 2.24) is 14.5 Å². The van der Waals surface area contributed by atoms with E-state index in [0.717, 1.165) is 29.0 Å². The Balaban J connectivity index is 2.45. The average molecular weight is 266 g/mol. The van der Waals surface area contributed by atoms with Gasteiger partial charge < -0.3 is 0 Å². The third kappa shape index (κ3) is 2.09. The van der Waals surface area contributed by atoms with E-state index in [9.17, 15) is 0 Å². The number of imidazole rings is 1. The minimum atomic E-state index is 0.901. The van der Waals surface area contributed by atoms with Gasteiger partial charge in [-0.25, -0.2) is 9.97 Å². The summed E-state index contributed by atoms with van der Waals surface area (Å²) in [7, 11) is 0. The van der Waals surface area contributed by atoms with E-state index >= 15 is 0 Å². The first kappa shape index (κ1) is 10.4. The van der Waals surface area contributed by atoms with E-state index in [0.29, 0.717) is 0 Å². The van der Waals surface area contributed by atoms with Crippen LogP contribution in [0, 0.1) is 0 Å². The van der Waals surface area contributed by atoms with E-state index in [1.165, 1.54) is 0 Å². The fourth-order valence-electron chi connectivity index (χ4n) is 1.49. The Morgan fingerprint density at radius 3 is 2.93 bits per heavy atom. The second-order valence-electron chi connectivity index (χ2n) is 3.27. The Labute approximate surface area is 97.3 Å². The van der Waals surface area contributed by atoms with Gasteiger partial charge in [0.2, 0.25) is 0 Å². The zero-order valence-corrected chi connectivity index (χ0v) is 10.1. The maximum absolute atomic E-state index is 4.34. The van der Waals surface area contributed by atoms with Crippen molar-refractivity contribution in [3.63, 3.8) is 0 Å². The van der Waals surface area contributed by atoms with Crippen LogP contribution in [0.2, 0.25) is 0 Å².